The van der Waals surface area contributed by atoms with Gasteiger partial charge in [0.05, 0.1) is 6.04 Å². The van der Waals surface area contributed by atoms with Crippen LogP contribution in [0.3, 0.4) is 0 Å². The monoisotopic (exact) mass is 249 g/mol. The second-order valence-electron chi connectivity index (χ2n) is 5.49. The summed E-state index contributed by atoms with van der Waals surface area (Å²) >= 11 is 0. The summed E-state index contributed by atoms with van der Waals surface area (Å²) < 4.78 is 2.29. The molecule has 1 atom stereocenters. The van der Waals surface area contributed by atoms with Crippen LogP contribution in [0.25, 0.3) is 0 Å². The molecule has 18 heavy (non-hydrogen) atoms. The van der Waals surface area contributed by atoms with Crippen LogP contribution in [0.1, 0.15) is 64.7 Å². The van der Waals surface area contributed by atoms with Crippen molar-refractivity contribution >= 4 is 0 Å². The average molecular weight is 249 g/mol. The zero-order valence-corrected chi connectivity index (χ0v) is 12.1. The number of aryl methyl sites for hydroxylation is 1. The van der Waals surface area contributed by atoms with E-state index in [9.17, 15) is 0 Å². The first-order valence-electron chi connectivity index (χ1n) is 7.51. The highest BCUT2D eigenvalue weighted by atomic mass is 15.1. The Morgan fingerprint density at radius 3 is 2.61 bits per heavy atom. The predicted octanol–water partition coefficient (Wildman–Crippen LogP) is 3.52. The summed E-state index contributed by atoms with van der Waals surface area (Å²) in [5.74, 6) is 1.24. The molecule has 0 bridgehead atoms. The lowest BCUT2D eigenvalue weighted by Crippen LogP contribution is -2.38. The van der Waals surface area contributed by atoms with E-state index in [0.717, 1.165) is 13.1 Å². The quantitative estimate of drug-likeness (QED) is 0.836. The van der Waals surface area contributed by atoms with Crippen molar-refractivity contribution in [1.29, 1.82) is 0 Å². The Hall–Kier alpha value is -0.830. The standard InChI is InChI=1S/C15H27N3/c1-4-15(9-7-8-10-15)13(16-5-2)14-17-11-12-18(14)6-3/h11-13,16H,4-10H2,1-3H3. The van der Waals surface area contributed by atoms with E-state index in [1.807, 2.05) is 6.20 Å². The maximum atomic E-state index is 4.64. The fourth-order valence-electron chi connectivity index (χ4n) is 3.56. The number of nitrogens with zero attached hydrogens (tertiary/aromatic N) is 2. The van der Waals surface area contributed by atoms with Gasteiger partial charge in [-0.25, -0.2) is 4.98 Å². The van der Waals surface area contributed by atoms with Gasteiger partial charge in [0.15, 0.2) is 0 Å². The SMILES string of the molecule is CCNC(c1nccn1CC)C1(CC)CCCC1. The maximum Gasteiger partial charge on any atom is 0.126 e. The summed E-state index contributed by atoms with van der Waals surface area (Å²) in [6.07, 6.45) is 10.8. The van der Waals surface area contributed by atoms with Crippen molar-refractivity contribution in [3.8, 4) is 0 Å². The van der Waals surface area contributed by atoms with E-state index in [0.29, 0.717) is 11.5 Å². The summed E-state index contributed by atoms with van der Waals surface area (Å²) in [5.41, 5.74) is 0.425. The van der Waals surface area contributed by atoms with Gasteiger partial charge in [0.1, 0.15) is 5.82 Å². The van der Waals surface area contributed by atoms with Crippen LogP contribution < -0.4 is 5.32 Å². The third-order valence-corrected chi connectivity index (χ3v) is 4.67. The van der Waals surface area contributed by atoms with Gasteiger partial charge in [-0.1, -0.05) is 26.7 Å². The van der Waals surface area contributed by atoms with Crippen molar-refractivity contribution in [2.24, 2.45) is 5.41 Å². The molecule has 0 aromatic carbocycles. The van der Waals surface area contributed by atoms with E-state index < -0.39 is 0 Å². The van der Waals surface area contributed by atoms with E-state index in [1.54, 1.807) is 0 Å². The van der Waals surface area contributed by atoms with E-state index >= 15 is 0 Å². The van der Waals surface area contributed by atoms with Gasteiger partial charge in [-0.3, -0.25) is 0 Å². The highest BCUT2D eigenvalue weighted by molar-refractivity contribution is 5.08. The molecule has 2 rings (SSSR count). The lowest BCUT2D eigenvalue weighted by molar-refractivity contribution is 0.178. The Bertz CT molecular complexity index is 364. The molecule has 3 nitrogen and oxygen atoms in total. The molecule has 1 aliphatic rings. The molecule has 3 heteroatoms. The van der Waals surface area contributed by atoms with Crippen molar-refractivity contribution in [3.05, 3.63) is 18.2 Å². The third kappa shape index (κ3) is 2.33. The van der Waals surface area contributed by atoms with Gasteiger partial charge in [0, 0.05) is 18.9 Å². The molecule has 1 aromatic heterocycles. The lowest BCUT2D eigenvalue weighted by atomic mass is 9.75. The molecular weight excluding hydrogens is 222 g/mol. The minimum absolute atomic E-state index is 0.421. The maximum absolute atomic E-state index is 4.64. The lowest BCUT2D eigenvalue weighted by Gasteiger charge is -2.37. The van der Waals surface area contributed by atoms with Gasteiger partial charge in [-0.2, -0.15) is 0 Å². The molecule has 0 amide bonds. The molecule has 1 heterocycles. The van der Waals surface area contributed by atoms with E-state index in [-0.39, 0.29) is 0 Å². The van der Waals surface area contributed by atoms with Gasteiger partial charge in [0.25, 0.3) is 0 Å². The third-order valence-electron chi connectivity index (χ3n) is 4.67. The molecular formula is C15H27N3. The minimum Gasteiger partial charge on any atom is -0.334 e. The van der Waals surface area contributed by atoms with Gasteiger partial charge >= 0.3 is 0 Å². The molecule has 1 aromatic rings. The largest absolute Gasteiger partial charge is 0.334 e. The van der Waals surface area contributed by atoms with E-state index in [4.69, 9.17) is 0 Å². The molecule has 0 radical (unpaired) electrons. The van der Waals surface area contributed by atoms with Crippen LogP contribution in [0.15, 0.2) is 12.4 Å². The molecule has 1 saturated carbocycles. The van der Waals surface area contributed by atoms with Crippen LogP contribution in [0.5, 0.6) is 0 Å². The molecule has 1 N–H and O–H groups in total. The fraction of sp³-hybridized carbons (Fsp3) is 0.800. The average Bonchev–Trinajstić information content (AvgIpc) is 3.05. The highest BCUT2D eigenvalue weighted by Crippen LogP contribution is 2.49. The van der Waals surface area contributed by atoms with E-state index in [1.165, 1.54) is 37.9 Å². The summed E-state index contributed by atoms with van der Waals surface area (Å²) in [4.78, 5) is 4.64. The molecule has 0 spiro atoms. The van der Waals surface area contributed by atoms with Crippen LogP contribution in [-0.2, 0) is 6.54 Å². The second-order valence-corrected chi connectivity index (χ2v) is 5.49. The Balaban J connectivity index is 2.32. The van der Waals surface area contributed by atoms with Crippen molar-refractivity contribution < 1.29 is 0 Å². The molecule has 1 unspecified atom stereocenters. The highest BCUT2D eigenvalue weighted by Gasteiger charge is 2.41. The summed E-state index contributed by atoms with van der Waals surface area (Å²) in [6, 6.07) is 0.421. The predicted molar refractivity (Wildman–Crippen MR) is 75.5 cm³/mol. The van der Waals surface area contributed by atoms with Crippen LogP contribution in [0.2, 0.25) is 0 Å². The number of rotatable bonds is 6. The smallest absolute Gasteiger partial charge is 0.126 e. The Morgan fingerprint density at radius 1 is 1.33 bits per heavy atom. The molecule has 102 valence electrons. The molecule has 1 aliphatic carbocycles. The van der Waals surface area contributed by atoms with Crippen molar-refractivity contribution in [2.45, 2.75) is 65.5 Å². The Morgan fingerprint density at radius 2 is 2.06 bits per heavy atom. The fourth-order valence-corrected chi connectivity index (χ4v) is 3.56. The number of aromatic nitrogens is 2. The first kappa shape index (κ1) is 13.6. The Labute approximate surface area is 111 Å². The zero-order chi connectivity index (χ0) is 13.0. The second kappa shape index (κ2) is 5.87. The topological polar surface area (TPSA) is 29.9 Å². The van der Waals surface area contributed by atoms with Crippen molar-refractivity contribution in [1.82, 2.24) is 14.9 Å². The van der Waals surface area contributed by atoms with Crippen LogP contribution in [0, 0.1) is 5.41 Å². The van der Waals surface area contributed by atoms with Crippen LogP contribution in [-0.4, -0.2) is 16.1 Å². The van der Waals surface area contributed by atoms with Crippen molar-refractivity contribution in [3.63, 3.8) is 0 Å². The summed E-state index contributed by atoms with van der Waals surface area (Å²) in [5, 5.41) is 3.71. The van der Waals surface area contributed by atoms with Gasteiger partial charge in [0.2, 0.25) is 0 Å². The summed E-state index contributed by atoms with van der Waals surface area (Å²) in [6.45, 7) is 8.76. The van der Waals surface area contributed by atoms with Gasteiger partial charge in [-0.05, 0) is 38.1 Å². The molecule has 0 saturated heterocycles. The van der Waals surface area contributed by atoms with Crippen LogP contribution >= 0.6 is 0 Å². The van der Waals surface area contributed by atoms with Gasteiger partial charge in [-0.15, -0.1) is 0 Å². The van der Waals surface area contributed by atoms with Gasteiger partial charge < -0.3 is 9.88 Å². The first-order valence-corrected chi connectivity index (χ1v) is 7.51. The normalized spacial score (nSPS) is 20.2. The summed E-state index contributed by atoms with van der Waals surface area (Å²) in [7, 11) is 0. The van der Waals surface area contributed by atoms with E-state index in [2.05, 4.69) is 41.8 Å². The Kier molecular flexibility index (Phi) is 4.44. The number of imidazole rings is 1. The number of hydrogen-bond acceptors (Lipinski definition) is 2. The molecule has 0 aliphatic heterocycles. The molecule has 1 fully saturated rings. The van der Waals surface area contributed by atoms with Crippen molar-refractivity contribution in [2.75, 3.05) is 6.54 Å². The number of hydrogen-bond donors (Lipinski definition) is 1. The van der Waals surface area contributed by atoms with Crippen LogP contribution in [0.4, 0.5) is 0 Å². The first-order chi connectivity index (χ1) is 8.77. The minimum atomic E-state index is 0.421. The number of nitrogens with one attached hydrogen (secondary N) is 1. The zero-order valence-electron chi connectivity index (χ0n) is 12.1.